The highest BCUT2D eigenvalue weighted by Gasteiger charge is 2.19. The number of benzene rings is 3. The first-order valence-corrected chi connectivity index (χ1v) is 11.4. The topological polar surface area (TPSA) is 89.2 Å². The first kappa shape index (κ1) is 22.4. The second-order valence-corrected chi connectivity index (χ2v) is 8.97. The summed E-state index contributed by atoms with van der Waals surface area (Å²) in [5.74, 6) is -0.992. The number of aromatic nitrogens is 3. The average Bonchev–Trinajstić information content (AvgIpc) is 3.22. The Balaban J connectivity index is 1.72. The fraction of sp³-hybridized carbons (Fsp3) is 0.179. The normalized spacial score (nSPS) is 12.2. The second-order valence-electron chi connectivity index (χ2n) is 8.97. The first-order valence-electron chi connectivity index (χ1n) is 11.4. The molecule has 35 heavy (non-hydrogen) atoms. The number of pyridine rings is 1. The van der Waals surface area contributed by atoms with Gasteiger partial charge in [0.1, 0.15) is 5.52 Å². The predicted octanol–water partition coefficient (Wildman–Crippen LogP) is 5.27. The van der Waals surface area contributed by atoms with Crippen molar-refractivity contribution in [3.05, 3.63) is 93.9 Å². The van der Waals surface area contributed by atoms with E-state index in [1.54, 1.807) is 40.6 Å². The third kappa shape index (κ3) is 3.85. The van der Waals surface area contributed by atoms with Crippen LogP contribution in [-0.2, 0) is 14.1 Å². The molecule has 0 radical (unpaired) electrons. The molecule has 0 amide bonds. The quantitative estimate of drug-likeness (QED) is 0.368. The Morgan fingerprint density at radius 3 is 2.57 bits per heavy atom. The number of hydrogen-bond acceptors (Lipinski definition) is 4. The number of anilines is 1. The highest BCUT2D eigenvalue weighted by atomic mass is 16.4. The number of carbonyl (C=O) groups is 1. The van der Waals surface area contributed by atoms with Crippen molar-refractivity contribution in [2.45, 2.75) is 19.9 Å². The number of carboxylic acid groups (broad SMARTS) is 1. The molecule has 7 nitrogen and oxygen atoms in total. The molecule has 2 heterocycles. The molecule has 0 saturated carbocycles. The summed E-state index contributed by atoms with van der Waals surface area (Å²) in [4.78, 5) is 25.2. The summed E-state index contributed by atoms with van der Waals surface area (Å²) in [5, 5.41) is 20.0. The van der Waals surface area contributed by atoms with Crippen LogP contribution in [0.15, 0.2) is 71.7 Å². The predicted molar refractivity (Wildman–Crippen MR) is 139 cm³/mol. The summed E-state index contributed by atoms with van der Waals surface area (Å²) in [6.45, 7) is 3.94. The molecule has 1 unspecified atom stereocenters. The number of nitrogens with zero attached hydrogens (tertiary/aromatic N) is 3. The molecular weight excluding hydrogens is 440 g/mol. The van der Waals surface area contributed by atoms with E-state index in [0.29, 0.717) is 11.1 Å². The van der Waals surface area contributed by atoms with Crippen LogP contribution in [0.4, 0.5) is 5.69 Å². The summed E-state index contributed by atoms with van der Waals surface area (Å²) in [6.07, 6.45) is 1.96. The van der Waals surface area contributed by atoms with Crippen LogP contribution < -0.4 is 10.9 Å². The number of nitrogens with one attached hydrogen (secondary N) is 1. The SMILES string of the molecule is Cc1cc(C(C)Nc2ccccc2C(=O)O)c2cc(-c3cccc4cn(C)nc34)n(C)c(=O)c2c1. The van der Waals surface area contributed by atoms with Crippen LogP contribution in [0.2, 0.25) is 0 Å². The fourth-order valence-electron chi connectivity index (χ4n) is 4.78. The largest absolute Gasteiger partial charge is 0.478 e. The van der Waals surface area contributed by atoms with Gasteiger partial charge in [-0.1, -0.05) is 36.4 Å². The van der Waals surface area contributed by atoms with E-state index in [1.807, 2.05) is 63.5 Å². The minimum absolute atomic E-state index is 0.0893. The van der Waals surface area contributed by atoms with Gasteiger partial charge in [0.2, 0.25) is 0 Å². The monoisotopic (exact) mass is 466 g/mol. The summed E-state index contributed by atoms with van der Waals surface area (Å²) in [6, 6.07) is 18.5. The number of aryl methyl sites for hydroxylation is 2. The van der Waals surface area contributed by atoms with E-state index < -0.39 is 5.97 Å². The van der Waals surface area contributed by atoms with Crippen LogP contribution in [0.25, 0.3) is 32.9 Å². The first-order chi connectivity index (χ1) is 16.7. The molecule has 0 aliphatic carbocycles. The summed E-state index contributed by atoms with van der Waals surface area (Å²) < 4.78 is 3.45. The number of rotatable bonds is 5. The van der Waals surface area contributed by atoms with Gasteiger partial charge in [-0.15, -0.1) is 0 Å². The van der Waals surface area contributed by atoms with Gasteiger partial charge in [-0.2, -0.15) is 5.10 Å². The van der Waals surface area contributed by atoms with Gasteiger partial charge >= 0.3 is 5.97 Å². The van der Waals surface area contributed by atoms with E-state index in [9.17, 15) is 14.7 Å². The Bertz CT molecular complexity index is 1680. The molecule has 5 aromatic rings. The van der Waals surface area contributed by atoms with Gasteiger partial charge in [-0.25, -0.2) is 4.79 Å². The molecule has 0 bridgehead atoms. The van der Waals surface area contributed by atoms with E-state index in [0.717, 1.165) is 38.7 Å². The zero-order valence-corrected chi connectivity index (χ0v) is 20.0. The Kier molecular flexibility index (Phi) is 5.40. The lowest BCUT2D eigenvalue weighted by atomic mass is 9.95. The smallest absolute Gasteiger partial charge is 0.337 e. The molecule has 0 aliphatic rings. The standard InChI is InChI=1S/C28H26N4O3/c1-16-12-21(17(2)29-24-11-6-5-9-19(24)28(34)35)22-14-25(32(4)27(33)23(22)13-16)20-10-7-8-18-15-31(3)30-26(18)20/h5-15,17,29H,1-4H3,(H,34,35). The summed E-state index contributed by atoms with van der Waals surface area (Å²) in [5.41, 5.74) is 5.02. The minimum Gasteiger partial charge on any atom is -0.478 e. The van der Waals surface area contributed by atoms with Crippen LogP contribution in [0.3, 0.4) is 0 Å². The molecular formula is C28H26N4O3. The molecule has 0 spiro atoms. The van der Waals surface area contributed by atoms with Gasteiger partial charge < -0.3 is 15.0 Å². The Hall–Kier alpha value is -4.39. The lowest BCUT2D eigenvalue weighted by molar-refractivity contribution is 0.0698. The molecule has 176 valence electrons. The molecule has 0 saturated heterocycles. The Morgan fingerprint density at radius 1 is 1.03 bits per heavy atom. The van der Waals surface area contributed by atoms with Gasteiger partial charge in [-0.3, -0.25) is 9.48 Å². The van der Waals surface area contributed by atoms with Crippen molar-refractivity contribution in [1.82, 2.24) is 14.3 Å². The van der Waals surface area contributed by atoms with Crippen molar-refractivity contribution in [3.8, 4) is 11.3 Å². The third-order valence-electron chi connectivity index (χ3n) is 6.46. The molecule has 0 fully saturated rings. The van der Waals surface area contributed by atoms with Gasteiger partial charge in [0, 0.05) is 48.4 Å². The van der Waals surface area contributed by atoms with Gasteiger partial charge in [0.25, 0.3) is 5.56 Å². The zero-order chi connectivity index (χ0) is 24.9. The summed E-state index contributed by atoms with van der Waals surface area (Å²) in [7, 11) is 3.66. The fourth-order valence-corrected chi connectivity index (χ4v) is 4.78. The van der Waals surface area contributed by atoms with Crippen LogP contribution in [0.1, 0.15) is 34.5 Å². The van der Waals surface area contributed by atoms with Crippen LogP contribution in [0, 0.1) is 6.92 Å². The van der Waals surface area contributed by atoms with Crippen molar-refractivity contribution in [1.29, 1.82) is 0 Å². The molecule has 2 aromatic heterocycles. The molecule has 7 heteroatoms. The van der Waals surface area contributed by atoms with E-state index >= 15 is 0 Å². The number of hydrogen-bond donors (Lipinski definition) is 2. The van der Waals surface area contributed by atoms with Gasteiger partial charge in [0.05, 0.1) is 11.3 Å². The maximum atomic E-state index is 13.5. The molecule has 0 aliphatic heterocycles. The van der Waals surface area contributed by atoms with Crippen molar-refractivity contribution in [2.24, 2.45) is 14.1 Å². The van der Waals surface area contributed by atoms with Crippen molar-refractivity contribution >= 4 is 33.3 Å². The number of carboxylic acids is 1. The zero-order valence-electron chi connectivity index (χ0n) is 20.0. The second kappa shape index (κ2) is 8.43. The van der Waals surface area contributed by atoms with E-state index in [4.69, 9.17) is 0 Å². The number of fused-ring (bicyclic) bond motifs is 2. The highest BCUT2D eigenvalue weighted by Crippen LogP contribution is 2.33. The van der Waals surface area contributed by atoms with E-state index in [-0.39, 0.29) is 17.2 Å². The van der Waals surface area contributed by atoms with Crippen molar-refractivity contribution < 1.29 is 9.90 Å². The molecule has 2 N–H and O–H groups in total. The van der Waals surface area contributed by atoms with E-state index in [2.05, 4.69) is 10.4 Å². The lowest BCUT2D eigenvalue weighted by Crippen LogP contribution is -2.20. The lowest BCUT2D eigenvalue weighted by Gasteiger charge is -2.21. The Morgan fingerprint density at radius 2 is 1.80 bits per heavy atom. The van der Waals surface area contributed by atoms with Gasteiger partial charge in [-0.05, 0) is 54.6 Å². The molecule has 1 atom stereocenters. The maximum Gasteiger partial charge on any atom is 0.337 e. The summed E-state index contributed by atoms with van der Waals surface area (Å²) >= 11 is 0. The highest BCUT2D eigenvalue weighted by molar-refractivity contribution is 5.97. The number of para-hydroxylation sites is 1. The van der Waals surface area contributed by atoms with Crippen LogP contribution >= 0.6 is 0 Å². The third-order valence-corrected chi connectivity index (χ3v) is 6.46. The Labute approximate surface area is 202 Å². The van der Waals surface area contributed by atoms with Gasteiger partial charge in [0.15, 0.2) is 0 Å². The molecule has 5 rings (SSSR count). The maximum absolute atomic E-state index is 13.5. The van der Waals surface area contributed by atoms with Crippen LogP contribution in [0.5, 0.6) is 0 Å². The van der Waals surface area contributed by atoms with Crippen molar-refractivity contribution in [2.75, 3.05) is 5.32 Å². The van der Waals surface area contributed by atoms with E-state index in [1.165, 1.54) is 0 Å². The minimum atomic E-state index is -0.992. The molecule has 3 aromatic carbocycles. The van der Waals surface area contributed by atoms with Crippen LogP contribution in [-0.4, -0.2) is 25.4 Å². The average molecular weight is 467 g/mol. The van der Waals surface area contributed by atoms with Crippen molar-refractivity contribution in [3.63, 3.8) is 0 Å². The number of aromatic carboxylic acids is 1.